The number of imide groups is 1. The number of carbonyl (C=O) groups is 2. The number of halogens is 2. The monoisotopic (exact) mass is 356 g/mol. The number of amides is 3. The zero-order chi connectivity index (χ0) is 16.8. The number of urea groups is 1. The summed E-state index contributed by atoms with van der Waals surface area (Å²) in [5.41, 5.74) is 0.0201. The molecule has 0 radical (unpaired) electrons. The van der Waals surface area contributed by atoms with E-state index in [1.807, 2.05) is 13.1 Å². The maximum atomic E-state index is 13.4. The fourth-order valence-corrected chi connectivity index (χ4v) is 3.17. The van der Waals surface area contributed by atoms with E-state index in [1.165, 1.54) is 29.5 Å². The highest BCUT2D eigenvalue weighted by atomic mass is 35.5. The Morgan fingerprint density at radius 2 is 2.00 bits per heavy atom. The first kappa shape index (κ1) is 17.4. The molecule has 1 heterocycles. The molecule has 1 atom stereocenters. The van der Waals surface area contributed by atoms with Crippen LogP contribution in [0.3, 0.4) is 0 Å². The van der Waals surface area contributed by atoms with Crippen LogP contribution in [-0.4, -0.2) is 25.5 Å². The summed E-state index contributed by atoms with van der Waals surface area (Å²) in [5.74, 6) is -1.01. The van der Waals surface area contributed by atoms with Crippen molar-refractivity contribution < 1.29 is 18.9 Å². The number of rotatable bonds is 5. The predicted molar refractivity (Wildman–Crippen MR) is 88.3 cm³/mol. The lowest BCUT2D eigenvalue weighted by atomic mass is 10.3. The number of likely N-dealkylation sites (N-methyl/N-ethyl adjacent to an activating group) is 1. The van der Waals surface area contributed by atoms with Crippen molar-refractivity contribution in [1.82, 2.24) is 5.32 Å². The molecule has 3 amide bonds. The number of anilines is 1. The average molecular weight is 357 g/mol. The number of benzene rings is 1. The van der Waals surface area contributed by atoms with E-state index in [4.69, 9.17) is 11.6 Å². The molecule has 0 bridgehead atoms. The maximum Gasteiger partial charge on any atom is 0.326 e. The summed E-state index contributed by atoms with van der Waals surface area (Å²) in [4.78, 5) is 25.5. The van der Waals surface area contributed by atoms with Gasteiger partial charge in [0.25, 0.3) is 5.91 Å². The van der Waals surface area contributed by atoms with Crippen LogP contribution >= 0.6 is 22.9 Å². The van der Waals surface area contributed by atoms with Crippen LogP contribution in [0.1, 0.15) is 4.88 Å². The third-order valence-corrected chi connectivity index (χ3v) is 4.17. The molecule has 0 fully saturated rings. The minimum Gasteiger partial charge on any atom is -0.325 e. The molecule has 0 aliphatic rings. The SMILES string of the molecule is C[NH+](CC(=O)NC(=O)Nc1ccccc1F)Cc1ccc(Cl)s1. The van der Waals surface area contributed by atoms with E-state index in [2.05, 4.69) is 10.6 Å². The summed E-state index contributed by atoms with van der Waals surface area (Å²) < 4.78 is 14.1. The fourth-order valence-electron chi connectivity index (χ4n) is 1.97. The first-order chi connectivity index (χ1) is 10.9. The Kier molecular flexibility index (Phi) is 6.09. The van der Waals surface area contributed by atoms with Gasteiger partial charge in [0.05, 0.1) is 21.9 Å². The van der Waals surface area contributed by atoms with Crippen molar-refractivity contribution in [2.24, 2.45) is 0 Å². The molecule has 0 saturated heterocycles. The number of hydrogen-bond donors (Lipinski definition) is 3. The van der Waals surface area contributed by atoms with Gasteiger partial charge in [0.1, 0.15) is 12.4 Å². The first-order valence-corrected chi connectivity index (χ1v) is 8.04. The molecule has 3 N–H and O–H groups in total. The molecular weight excluding hydrogens is 341 g/mol. The van der Waals surface area contributed by atoms with Crippen LogP contribution in [0.25, 0.3) is 0 Å². The first-order valence-electron chi connectivity index (χ1n) is 6.85. The molecule has 0 aliphatic heterocycles. The van der Waals surface area contributed by atoms with E-state index in [1.54, 1.807) is 12.1 Å². The summed E-state index contributed by atoms with van der Waals surface area (Å²) in [6.07, 6.45) is 0. The summed E-state index contributed by atoms with van der Waals surface area (Å²) >= 11 is 7.31. The van der Waals surface area contributed by atoms with Crippen LogP contribution in [-0.2, 0) is 11.3 Å². The van der Waals surface area contributed by atoms with E-state index in [9.17, 15) is 14.0 Å². The van der Waals surface area contributed by atoms with Crippen molar-refractivity contribution in [1.29, 1.82) is 0 Å². The minimum absolute atomic E-state index is 0.0201. The molecule has 8 heteroatoms. The molecule has 1 aromatic heterocycles. The molecule has 1 unspecified atom stereocenters. The van der Waals surface area contributed by atoms with Crippen LogP contribution in [0.4, 0.5) is 14.9 Å². The van der Waals surface area contributed by atoms with Crippen molar-refractivity contribution in [2.75, 3.05) is 18.9 Å². The van der Waals surface area contributed by atoms with Crippen molar-refractivity contribution in [3.8, 4) is 0 Å². The summed E-state index contributed by atoms with van der Waals surface area (Å²) in [6, 6.07) is 8.69. The van der Waals surface area contributed by atoms with Gasteiger partial charge in [-0.3, -0.25) is 10.1 Å². The Balaban J connectivity index is 1.79. The second kappa shape index (κ2) is 8.05. The Morgan fingerprint density at radius 3 is 2.65 bits per heavy atom. The fraction of sp³-hybridized carbons (Fsp3) is 0.200. The van der Waals surface area contributed by atoms with Gasteiger partial charge >= 0.3 is 6.03 Å². The number of thiophene rings is 1. The van der Waals surface area contributed by atoms with E-state index >= 15 is 0 Å². The van der Waals surface area contributed by atoms with Crippen LogP contribution < -0.4 is 15.5 Å². The van der Waals surface area contributed by atoms with Crippen LogP contribution in [0.5, 0.6) is 0 Å². The Hall–Kier alpha value is -1.96. The predicted octanol–water partition coefficient (Wildman–Crippen LogP) is 1.90. The molecule has 0 aliphatic carbocycles. The molecule has 2 aromatic rings. The lowest BCUT2D eigenvalue weighted by Crippen LogP contribution is -3.08. The van der Waals surface area contributed by atoms with Gasteiger partial charge in [-0.25, -0.2) is 9.18 Å². The van der Waals surface area contributed by atoms with Crippen molar-refractivity contribution in [3.63, 3.8) is 0 Å². The molecular formula is C15H16ClFN3O2S+. The van der Waals surface area contributed by atoms with Crippen LogP contribution in [0.15, 0.2) is 36.4 Å². The smallest absolute Gasteiger partial charge is 0.325 e. The number of para-hydroxylation sites is 1. The molecule has 23 heavy (non-hydrogen) atoms. The zero-order valence-electron chi connectivity index (χ0n) is 12.4. The Morgan fingerprint density at radius 1 is 1.26 bits per heavy atom. The number of quaternary nitrogens is 1. The van der Waals surface area contributed by atoms with Gasteiger partial charge in [-0.15, -0.1) is 11.3 Å². The summed E-state index contributed by atoms with van der Waals surface area (Å²) in [7, 11) is 1.84. The number of hydrogen-bond acceptors (Lipinski definition) is 3. The van der Waals surface area contributed by atoms with Gasteiger partial charge in [0.2, 0.25) is 0 Å². The average Bonchev–Trinajstić information content (AvgIpc) is 2.86. The van der Waals surface area contributed by atoms with Crippen molar-refractivity contribution in [3.05, 3.63) is 51.4 Å². The largest absolute Gasteiger partial charge is 0.326 e. The van der Waals surface area contributed by atoms with E-state index in [-0.39, 0.29) is 12.2 Å². The van der Waals surface area contributed by atoms with Gasteiger partial charge in [0, 0.05) is 0 Å². The molecule has 1 aromatic carbocycles. The maximum absolute atomic E-state index is 13.4. The molecule has 2 rings (SSSR count). The lowest BCUT2D eigenvalue weighted by molar-refractivity contribution is -0.885. The quantitative estimate of drug-likeness (QED) is 0.766. The van der Waals surface area contributed by atoms with Gasteiger partial charge in [-0.1, -0.05) is 23.7 Å². The second-order valence-corrected chi connectivity index (χ2v) is 6.80. The second-order valence-electron chi connectivity index (χ2n) is 5.00. The molecule has 122 valence electrons. The third kappa shape index (κ3) is 5.63. The highest BCUT2D eigenvalue weighted by Crippen LogP contribution is 2.20. The highest BCUT2D eigenvalue weighted by Gasteiger charge is 2.15. The van der Waals surface area contributed by atoms with Crippen molar-refractivity contribution in [2.45, 2.75) is 6.54 Å². The normalized spacial score (nSPS) is 11.8. The topological polar surface area (TPSA) is 62.6 Å². The molecule has 5 nitrogen and oxygen atoms in total. The van der Waals surface area contributed by atoms with Crippen molar-refractivity contribution >= 4 is 40.6 Å². The Labute approximate surface area is 142 Å². The third-order valence-electron chi connectivity index (χ3n) is 2.94. The van der Waals surface area contributed by atoms with Crippen LogP contribution in [0, 0.1) is 5.82 Å². The van der Waals surface area contributed by atoms with E-state index in [0.29, 0.717) is 10.9 Å². The zero-order valence-corrected chi connectivity index (χ0v) is 13.9. The minimum atomic E-state index is -0.757. The van der Waals surface area contributed by atoms with E-state index < -0.39 is 17.8 Å². The number of nitrogens with one attached hydrogen (secondary N) is 3. The number of carbonyl (C=O) groups excluding carboxylic acids is 2. The van der Waals surface area contributed by atoms with Gasteiger partial charge < -0.3 is 10.2 Å². The Bertz CT molecular complexity index is 708. The van der Waals surface area contributed by atoms with Crippen LogP contribution in [0.2, 0.25) is 4.34 Å². The molecule has 0 spiro atoms. The summed E-state index contributed by atoms with van der Waals surface area (Å²) in [5, 5.41) is 4.48. The highest BCUT2D eigenvalue weighted by molar-refractivity contribution is 7.16. The standard InChI is InChI=1S/C15H15ClFN3O2S/c1-20(8-10-6-7-13(16)23-10)9-14(21)19-15(22)18-12-5-3-2-4-11(12)17/h2-7H,8-9H2,1H3,(H2,18,19,21,22)/p+1. The molecule has 0 saturated carbocycles. The van der Waals surface area contributed by atoms with Gasteiger partial charge in [-0.05, 0) is 24.3 Å². The van der Waals surface area contributed by atoms with E-state index in [0.717, 1.165) is 9.78 Å². The lowest BCUT2D eigenvalue weighted by Gasteiger charge is -2.12. The van der Waals surface area contributed by atoms with Gasteiger partial charge in [0.15, 0.2) is 6.54 Å². The summed E-state index contributed by atoms with van der Waals surface area (Å²) in [6.45, 7) is 0.736. The van der Waals surface area contributed by atoms with Gasteiger partial charge in [-0.2, -0.15) is 0 Å².